The Balaban J connectivity index is 2.02. The van der Waals surface area contributed by atoms with Crippen LogP contribution in [0.1, 0.15) is 24.7 Å². The molecule has 102 valence electrons. The smallest absolute Gasteiger partial charge is 0.0739 e. The topological polar surface area (TPSA) is 33.1 Å². The largest absolute Gasteiger partial charge is 0.319 e. The molecule has 1 N–H and O–H groups in total. The van der Waals surface area contributed by atoms with Gasteiger partial charge in [0.2, 0.25) is 0 Å². The molecule has 0 spiro atoms. The fourth-order valence-corrected chi connectivity index (χ4v) is 3.15. The van der Waals surface area contributed by atoms with Crippen LogP contribution in [0, 0.1) is 12.8 Å². The zero-order valence-corrected chi connectivity index (χ0v) is 13.1. The van der Waals surface area contributed by atoms with Crippen LogP contribution in [-0.4, -0.2) is 41.4 Å². The Morgan fingerprint density at radius 3 is 2.94 bits per heavy atom. The third-order valence-corrected chi connectivity index (χ3v) is 4.72. The summed E-state index contributed by atoms with van der Waals surface area (Å²) in [5.41, 5.74) is 2.41. The molecule has 1 aromatic rings. The molecular formula is C13H23BrN4. The number of aromatic nitrogens is 2. The fourth-order valence-electron chi connectivity index (χ4n) is 2.74. The van der Waals surface area contributed by atoms with Crippen molar-refractivity contribution in [3.05, 3.63) is 15.9 Å². The zero-order valence-electron chi connectivity index (χ0n) is 11.5. The standard InChI is InChI=1S/C13H23BrN4/c1-4-18-12(13(14)10(2)16-18)9-17-6-5-11(8-17)7-15-3/h11,15H,4-9H2,1-3H3. The Kier molecular flexibility index (Phi) is 4.81. The van der Waals surface area contributed by atoms with Gasteiger partial charge in [-0.3, -0.25) is 9.58 Å². The highest BCUT2D eigenvalue weighted by atomic mass is 79.9. The monoisotopic (exact) mass is 314 g/mol. The van der Waals surface area contributed by atoms with Crippen LogP contribution in [0.4, 0.5) is 0 Å². The molecule has 4 nitrogen and oxygen atoms in total. The molecule has 2 rings (SSSR count). The summed E-state index contributed by atoms with van der Waals surface area (Å²) in [6.45, 7) is 9.69. The van der Waals surface area contributed by atoms with Gasteiger partial charge in [-0.2, -0.15) is 5.10 Å². The van der Waals surface area contributed by atoms with Crippen molar-refractivity contribution in [2.75, 3.05) is 26.7 Å². The van der Waals surface area contributed by atoms with Crippen LogP contribution in [0.5, 0.6) is 0 Å². The van der Waals surface area contributed by atoms with Gasteiger partial charge in [0.05, 0.1) is 15.9 Å². The van der Waals surface area contributed by atoms with Crippen LogP contribution in [-0.2, 0) is 13.1 Å². The molecule has 5 heteroatoms. The molecule has 1 saturated heterocycles. The van der Waals surface area contributed by atoms with Crippen molar-refractivity contribution >= 4 is 15.9 Å². The maximum atomic E-state index is 4.56. The van der Waals surface area contributed by atoms with Crippen LogP contribution >= 0.6 is 15.9 Å². The van der Waals surface area contributed by atoms with Crippen molar-refractivity contribution < 1.29 is 0 Å². The zero-order chi connectivity index (χ0) is 13.1. The summed E-state index contributed by atoms with van der Waals surface area (Å²) in [6, 6.07) is 0. The number of hydrogen-bond donors (Lipinski definition) is 1. The van der Waals surface area contributed by atoms with E-state index >= 15 is 0 Å². The summed E-state index contributed by atoms with van der Waals surface area (Å²) in [6.07, 6.45) is 1.30. The number of halogens is 1. The second-order valence-electron chi connectivity index (χ2n) is 5.11. The predicted octanol–water partition coefficient (Wildman–Crippen LogP) is 2.02. The molecule has 0 bridgehead atoms. The highest BCUT2D eigenvalue weighted by Gasteiger charge is 2.24. The molecule has 0 saturated carbocycles. The highest BCUT2D eigenvalue weighted by Crippen LogP contribution is 2.25. The van der Waals surface area contributed by atoms with Crippen molar-refractivity contribution in [2.45, 2.75) is 33.4 Å². The number of hydrogen-bond acceptors (Lipinski definition) is 3. The van der Waals surface area contributed by atoms with Gasteiger partial charge in [0, 0.05) is 19.6 Å². The van der Waals surface area contributed by atoms with Crippen molar-refractivity contribution in [3.63, 3.8) is 0 Å². The van der Waals surface area contributed by atoms with E-state index in [1.165, 1.54) is 29.7 Å². The quantitative estimate of drug-likeness (QED) is 0.902. The molecule has 1 atom stereocenters. The second kappa shape index (κ2) is 6.17. The Morgan fingerprint density at radius 2 is 2.28 bits per heavy atom. The van der Waals surface area contributed by atoms with E-state index < -0.39 is 0 Å². The Labute approximate surface area is 118 Å². The van der Waals surface area contributed by atoms with E-state index in [0.717, 1.165) is 31.2 Å². The molecule has 1 fully saturated rings. The first-order valence-corrected chi connectivity index (χ1v) is 7.53. The summed E-state index contributed by atoms with van der Waals surface area (Å²) in [7, 11) is 2.04. The van der Waals surface area contributed by atoms with E-state index in [4.69, 9.17) is 0 Å². The van der Waals surface area contributed by atoms with Crippen molar-refractivity contribution in [3.8, 4) is 0 Å². The van der Waals surface area contributed by atoms with Crippen LogP contribution in [0.15, 0.2) is 4.47 Å². The number of aryl methyl sites for hydroxylation is 2. The molecule has 0 radical (unpaired) electrons. The van der Waals surface area contributed by atoms with Crippen LogP contribution < -0.4 is 5.32 Å². The van der Waals surface area contributed by atoms with Crippen LogP contribution in [0.25, 0.3) is 0 Å². The van der Waals surface area contributed by atoms with E-state index in [2.05, 4.69) is 49.8 Å². The average Bonchev–Trinajstić information content (AvgIpc) is 2.90. The molecule has 1 unspecified atom stereocenters. The summed E-state index contributed by atoms with van der Waals surface area (Å²) in [4.78, 5) is 2.54. The lowest BCUT2D eigenvalue weighted by Crippen LogP contribution is -2.25. The van der Waals surface area contributed by atoms with Gasteiger partial charge >= 0.3 is 0 Å². The van der Waals surface area contributed by atoms with Gasteiger partial charge in [-0.25, -0.2) is 0 Å². The Bertz CT molecular complexity index is 402. The van der Waals surface area contributed by atoms with Gasteiger partial charge in [0.1, 0.15) is 0 Å². The van der Waals surface area contributed by atoms with Crippen molar-refractivity contribution in [1.82, 2.24) is 20.0 Å². The summed E-state index contributed by atoms with van der Waals surface area (Å²) >= 11 is 3.67. The molecule has 0 amide bonds. The molecular weight excluding hydrogens is 292 g/mol. The van der Waals surface area contributed by atoms with E-state index in [1.54, 1.807) is 0 Å². The maximum Gasteiger partial charge on any atom is 0.0739 e. The highest BCUT2D eigenvalue weighted by molar-refractivity contribution is 9.10. The lowest BCUT2D eigenvalue weighted by Gasteiger charge is -2.17. The van der Waals surface area contributed by atoms with E-state index in [0.29, 0.717) is 0 Å². The molecule has 0 aliphatic carbocycles. The summed E-state index contributed by atoms with van der Waals surface area (Å²) in [5.74, 6) is 0.799. The van der Waals surface area contributed by atoms with Gasteiger partial charge in [-0.15, -0.1) is 0 Å². The third-order valence-electron chi connectivity index (χ3n) is 3.69. The van der Waals surface area contributed by atoms with Crippen molar-refractivity contribution in [2.24, 2.45) is 5.92 Å². The number of rotatable bonds is 5. The molecule has 1 aliphatic heterocycles. The third kappa shape index (κ3) is 2.95. The van der Waals surface area contributed by atoms with Gasteiger partial charge in [0.15, 0.2) is 0 Å². The first-order valence-electron chi connectivity index (χ1n) is 6.74. The van der Waals surface area contributed by atoms with Gasteiger partial charge < -0.3 is 5.32 Å². The molecule has 1 aliphatic rings. The minimum absolute atomic E-state index is 0.799. The average molecular weight is 315 g/mol. The normalized spacial score (nSPS) is 20.8. The summed E-state index contributed by atoms with van der Waals surface area (Å²) < 4.78 is 3.30. The molecule has 18 heavy (non-hydrogen) atoms. The molecule has 2 heterocycles. The predicted molar refractivity (Wildman–Crippen MR) is 77.6 cm³/mol. The maximum absolute atomic E-state index is 4.56. The Morgan fingerprint density at radius 1 is 1.50 bits per heavy atom. The first kappa shape index (κ1) is 14.0. The summed E-state index contributed by atoms with van der Waals surface area (Å²) in [5, 5.41) is 7.84. The lowest BCUT2D eigenvalue weighted by molar-refractivity contribution is 0.304. The van der Waals surface area contributed by atoms with E-state index in [9.17, 15) is 0 Å². The number of likely N-dealkylation sites (tertiary alicyclic amines) is 1. The van der Waals surface area contributed by atoms with Crippen LogP contribution in [0.2, 0.25) is 0 Å². The minimum Gasteiger partial charge on any atom is -0.319 e. The SMILES string of the molecule is CCn1nc(C)c(Br)c1CN1CCC(CNC)C1. The van der Waals surface area contributed by atoms with Gasteiger partial charge in [0.25, 0.3) is 0 Å². The van der Waals surface area contributed by atoms with Gasteiger partial charge in [-0.1, -0.05) is 0 Å². The minimum atomic E-state index is 0.799. The van der Waals surface area contributed by atoms with Crippen molar-refractivity contribution in [1.29, 1.82) is 0 Å². The Hall–Kier alpha value is -0.390. The van der Waals surface area contributed by atoms with E-state index in [1.807, 2.05) is 7.05 Å². The first-order chi connectivity index (χ1) is 8.65. The number of nitrogens with one attached hydrogen (secondary N) is 1. The molecule has 0 aromatic carbocycles. The van der Waals surface area contributed by atoms with Crippen LogP contribution in [0.3, 0.4) is 0 Å². The fraction of sp³-hybridized carbons (Fsp3) is 0.769. The van der Waals surface area contributed by atoms with Gasteiger partial charge in [-0.05, 0) is 62.3 Å². The second-order valence-corrected chi connectivity index (χ2v) is 5.90. The molecule has 1 aromatic heterocycles. The lowest BCUT2D eigenvalue weighted by atomic mass is 10.1. The number of nitrogens with zero attached hydrogens (tertiary/aromatic N) is 3. The van der Waals surface area contributed by atoms with E-state index in [-0.39, 0.29) is 0 Å².